The Labute approximate surface area is 128 Å². The zero-order valence-electron chi connectivity index (χ0n) is 12.4. The van der Waals surface area contributed by atoms with Crippen LogP contribution >= 0.6 is 11.8 Å². The third-order valence-corrected chi connectivity index (χ3v) is 4.21. The van der Waals surface area contributed by atoms with Crippen molar-refractivity contribution in [2.75, 3.05) is 0 Å². The van der Waals surface area contributed by atoms with Gasteiger partial charge in [-0.25, -0.2) is 4.39 Å². The van der Waals surface area contributed by atoms with Crippen molar-refractivity contribution in [1.82, 2.24) is 10.1 Å². The minimum Gasteiger partial charge on any atom is -0.339 e. The fourth-order valence-electron chi connectivity index (χ4n) is 2.28. The Morgan fingerprint density at radius 3 is 2.71 bits per heavy atom. The van der Waals surface area contributed by atoms with Crippen LogP contribution in [0.5, 0.6) is 0 Å². The SMILES string of the molecule is CC(C)C(c1nc(CSc2cccc(F)c2)no1)C(C)N. The van der Waals surface area contributed by atoms with Gasteiger partial charge in [-0.15, -0.1) is 11.8 Å². The first-order valence-corrected chi connectivity index (χ1v) is 7.92. The lowest BCUT2D eigenvalue weighted by Gasteiger charge is -2.20. The topological polar surface area (TPSA) is 64.9 Å². The quantitative estimate of drug-likeness (QED) is 0.826. The molecule has 0 aliphatic heterocycles. The van der Waals surface area contributed by atoms with Crippen LogP contribution < -0.4 is 5.73 Å². The second-order valence-corrected chi connectivity index (χ2v) is 6.47. The summed E-state index contributed by atoms with van der Waals surface area (Å²) in [6.45, 7) is 6.11. The zero-order valence-corrected chi connectivity index (χ0v) is 13.2. The van der Waals surface area contributed by atoms with Crippen LogP contribution in [0.15, 0.2) is 33.7 Å². The van der Waals surface area contributed by atoms with Gasteiger partial charge in [0, 0.05) is 10.9 Å². The van der Waals surface area contributed by atoms with E-state index in [1.807, 2.05) is 13.0 Å². The molecule has 2 rings (SSSR count). The molecule has 114 valence electrons. The number of hydrogen-bond acceptors (Lipinski definition) is 5. The van der Waals surface area contributed by atoms with Crippen molar-refractivity contribution < 1.29 is 8.91 Å². The first-order chi connectivity index (χ1) is 9.97. The standard InChI is InChI=1S/C15H20FN3OS/c1-9(2)14(10(3)17)15-18-13(19-20-15)8-21-12-6-4-5-11(16)7-12/h4-7,9-10,14H,8,17H2,1-3H3. The summed E-state index contributed by atoms with van der Waals surface area (Å²) in [6, 6.07) is 6.41. The monoisotopic (exact) mass is 309 g/mol. The maximum absolute atomic E-state index is 13.1. The van der Waals surface area contributed by atoms with E-state index in [0.717, 1.165) is 4.90 Å². The maximum Gasteiger partial charge on any atom is 0.231 e. The third kappa shape index (κ3) is 4.28. The van der Waals surface area contributed by atoms with Gasteiger partial charge in [0.25, 0.3) is 0 Å². The zero-order chi connectivity index (χ0) is 15.4. The largest absolute Gasteiger partial charge is 0.339 e. The first kappa shape index (κ1) is 16.0. The maximum atomic E-state index is 13.1. The van der Waals surface area contributed by atoms with Crippen LogP contribution in [-0.4, -0.2) is 16.2 Å². The molecule has 2 N–H and O–H groups in total. The molecule has 0 fully saturated rings. The summed E-state index contributed by atoms with van der Waals surface area (Å²) in [6.07, 6.45) is 0. The molecule has 4 nitrogen and oxygen atoms in total. The molecule has 0 radical (unpaired) electrons. The summed E-state index contributed by atoms with van der Waals surface area (Å²) in [5.41, 5.74) is 5.99. The van der Waals surface area contributed by atoms with Crippen molar-refractivity contribution in [3.63, 3.8) is 0 Å². The van der Waals surface area contributed by atoms with Crippen molar-refractivity contribution in [3.05, 3.63) is 41.8 Å². The Balaban J connectivity index is 2.03. The van der Waals surface area contributed by atoms with Gasteiger partial charge >= 0.3 is 0 Å². The van der Waals surface area contributed by atoms with E-state index < -0.39 is 0 Å². The lowest BCUT2D eigenvalue weighted by molar-refractivity contribution is 0.299. The molecule has 0 saturated heterocycles. The molecule has 1 aromatic heterocycles. The molecule has 0 aliphatic rings. The Hall–Kier alpha value is -1.40. The molecule has 21 heavy (non-hydrogen) atoms. The van der Waals surface area contributed by atoms with Gasteiger partial charge in [0.2, 0.25) is 5.89 Å². The highest BCUT2D eigenvalue weighted by Gasteiger charge is 2.26. The van der Waals surface area contributed by atoms with Gasteiger partial charge in [0.05, 0.1) is 11.7 Å². The number of thioether (sulfide) groups is 1. The number of halogens is 1. The smallest absolute Gasteiger partial charge is 0.231 e. The summed E-state index contributed by atoms with van der Waals surface area (Å²) in [4.78, 5) is 5.26. The summed E-state index contributed by atoms with van der Waals surface area (Å²) in [7, 11) is 0. The second-order valence-electron chi connectivity index (χ2n) is 5.42. The van der Waals surface area contributed by atoms with Gasteiger partial charge in [0.15, 0.2) is 5.82 Å². The van der Waals surface area contributed by atoms with E-state index >= 15 is 0 Å². The fraction of sp³-hybridized carbons (Fsp3) is 0.467. The predicted molar refractivity (Wildman–Crippen MR) is 81.5 cm³/mol. The molecule has 6 heteroatoms. The summed E-state index contributed by atoms with van der Waals surface area (Å²) >= 11 is 1.47. The Morgan fingerprint density at radius 1 is 1.33 bits per heavy atom. The van der Waals surface area contributed by atoms with E-state index in [1.165, 1.54) is 23.9 Å². The molecule has 0 saturated carbocycles. The molecule has 0 amide bonds. The molecule has 0 spiro atoms. The molecule has 1 aromatic carbocycles. The summed E-state index contributed by atoms with van der Waals surface area (Å²) in [5, 5.41) is 3.98. The molecule has 0 bridgehead atoms. The van der Waals surface area contributed by atoms with Gasteiger partial charge in [-0.1, -0.05) is 25.1 Å². The highest BCUT2D eigenvalue weighted by molar-refractivity contribution is 7.98. The van der Waals surface area contributed by atoms with Gasteiger partial charge in [-0.3, -0.25) is 0 Å². The van der Waals surface area contributed by atoms with Crippen molar-refractivity contribution in [1.29, 1.82) is 0 Å². The van der Waals surface area contributed by atoms with E-state index in [1.54, 1.807) is 6.07 Å². The van der Waals surface area contributed by atoms with Gasteiger partial charge < -0.3 is 10.3 Å². The van der Waals surface area contributed by atoms with Crippen LogP contribution in [0.1, 0.15) is 38.4 Å². The predicted octanol–water partition coefficient (Wildman–Crippen LogP) is 3.59. The summed E-state index contributed by atoms with van der Waals surface area (Å²) in [5.74, 6) is 1.85. The lowest BCUT2D eigenvalue weighted by atomic mass is 9.90. The second kappa shape index (κ2) is 7.04. The van der Waals surface area contributed by atoms with Crippen LogP contribution in [0.3, 0.4) is 0 Å². The van der Waals surface area contributed by atoms with Crippen molar-refractivity contribution in [2.24, 2.45) is 11.7 Å². The minimum absolute atomic E-state index is 0.0467. The lowest BCUT2D eigenvalue weighted by Crippen LogP contribution is -2.28. The Kier molecular flexibility index (Phi) is 5.36. The number of hydrogen-bond donors (Lipinski definition) is 1. The van der Waals surface area contributed by atoms with Crippen molar-refractivity contribution >= 4 is 11.8 Å². The van der Waals surface area contributed by atoms with E-state index in [-0.39, 0.29) is 17.8 Å². The van der Waals surface area contributed by atoms with E-state index in [0.29, 0.717) is 23.4 Å². The first-order valence-electron chi connectivity index (χ1n) is 6.93. The number of nitrogens with zero attached hydrogens (tertiary/aromatic N) is 2. The average Bonchev–Trinajstić information content (AvgIpc) is 2.84. The molecule has 2 unspecified atom stereocenters. The molecule has 2 atom stereocenters. The average molecular weight is 309 g/mol. The Morgan fingerprint density at radius 2 is 2.10 bits per heavy atom. The van der Waals surface area contributed by atoms with Crippen LogP contribution in [0.2, 0.25) is 0 Å². The highest BCUT2D eigenvalue weighted by atomic mass is 32.2. The number of rotatable bonds is 6. The molecular formula is C15H20FN3OS. The van der Waals surface area contributed by atoms with Crippen LogP contribution in [0.25, 0.3) is 0 Å². The van der Waals surface area contributed by atoms with Crippen LogP contribution in [0.4, 0.5) is 4.39 Å². The van der Waals surface area contributed by atoms with Gasteiger partial charge in [-0.05, 0) is 31.0 Å². The minimum atomic E-state index is -0.245. The molecular weight excluding hydrogens is 289 g/mol. The van der Waals surface area contributed by atoms with Crippen LogP contribution in [-0.2, 0) is 5.75 Å². The normalized spacial score (nSPS) is 14.4. The van der Waals surface area contributed by atoms with E-state index in [4.69, 9.17) is 10.3 Å². The highest BCUT2D eigenvalue weighted by Crippen LogP contribution is 2.27. The summed E-state index contributed by atoms with van der Waals surface area (Å²) < 4.78 is 18.4. The van der Waals surface area contributed by atoms with E-state index in [9.17, 15) is 4.39 Å². The van der Waals surface area contributed by atoms with Gasteiger partial charge in [0.1, 0.15) is 5.82 Å². The number of aromatic nitrogens is 2. The van der Waals surface area contributed by atoms with Crippen LogP contribution in [0, 0.1) is 11.7 Å². The number of nitrogens with two attached hydrogens (primary N) is 1. The third-order valence-electron chi connectivity index (χ3n) is 3.22. The number of benzene rings is 1. The molecule has 0 aliphatic carbocycles. The van der Waals surface area contributed by atoms with Gasteiger partial charge in [-0.2, -0.15) is 4.98 Å². The molecule has 1 heterocycles. The Bertz CT molecular complexity index is 578. The van der Waals surface area contributed by atoms with E-state index in [2.05, 4.69) is 24.0 Å². The van der Waals surface area contributed by atoms with Crippen molar-refractivity contribution in [2.45, 2.75) is 43.4 Å². The molecule has 2 aromatic rings. The fourth-order valence-corrected chi connectivity index (χ4v) is 3.07. The van der Waals surface area contributed by atoms with Crippen molar-refractivity contribution in [3.8, 4) is 0 Å².